The number of benzene rings is 2. The van der Waals surface area contributed by atoms with Crippen LogP contribution in [0.25, 0.3) is 0 Å². The number of unbranched alkanes of at least 4 members (excludes halogenated alkanes) is 1. The molecule has 0 spiro atoms. The van der Waals surface area contributed by atoms with Gasteiger partial charge in [0.15, 0.2) is 0 Å². The van der Waals surface area contributed by atoms with Crippen molar-refractivity contribution < 1.29 is 4.74 Å². The van der Waals surface area contributed by atoms with Gasteiger partial charge in [0.05, 0.1) is 6.61 Å². The molecule has 0 amide bonds. The molecule has 25 heavy (non-hydrogen) atoms. The van der Waals surface area contributed by atoms with Gasteiger partial charge in [-0.1, -0.05) is 36.4 Å². The highest BCUT2D eigenvalue weighted by Crippen LogP contribution is 2.25. The van der Waals surface area contributed by atoms with E-state index in [0.29, 0.717) is 6.04 Å². The molecule has 0 bridgehead atoms. The Morgan fingerprint density at radius 3 is 2.60 bits per heavy atom. The normalized spacial score (nSPS) is 16.5. The van der Waals surface area contributed by atoms with Gasteiger partial charge in [-0.05, 0) is 68.0 Å². The van der Waals surface area contributed by atoms with Crippen molar-refractivity contribution in [2.24, 2.45) is 0 Å². The van der Waals surface area contributed by atoms with Gasteiger partial charge < -0.3 is 15.4 Å². The standard InChI is InChI=1S/C22H28N2O/c1-2-7-19-15-20(14-18(19)6-1)24-11-3-4-13-25-22-9-5-8-17-10-12-23-16-21(17)22/h1-2,5-9,20,23-24H,3-4,10-16H2. The summed E-state index contributed by atoms with van der Waals surface area (Å²) in [6.07, 6.45) is 5.73. The van der Waals surface area contributed by atoms with Crippen LogP contribution in [0.15, 0.2) is 42.5 Å². The lowest BCUT2D eigenvalue weighted by Gasteiger charge is -2.20. The van der Waals surface area contributed by atoms with Gasteiger partial charge in [-0.25, -0.2) is 0 Å². The van der Waals surface area contributed by atoms with Gasteiger partial charge in [0.25, 0.3) is 0 Å². The zero-order valence-electron chi connectivity index (χ0n) is 14.9. The molecule has 4 rings (SSSR count). The zero-order chi connectivity index (χ0) is 16.9. The van der Waals surface area contributed by atoms with Crippen molar-refractivity contribution in [1.29, 1.82) is 0 Å². The molecule has 0 unspecified atom stereocenters. The van der Waals surface area contributed by atoms with E-state index >= 15 is 0 Å². The first-order chi connectivity index (χ1) is 12.4. The van der Waals surface area contributed by atoms with E-state index in [0.717, 1.165) is 44.8 Å². The van der Waals surface area contributed by atoms with E-state index in [2.05, 4.69) is 53.1 Å². The van der Waals surface area contributed by atoms with Crippen LogP contribution in [0.2, 0.25) is 0 Å². The summed E-state index contributed by atoms with van der Waals surface area (Å²) in [5.41, 5.74) is 5.84. The smallest absolute Gasteiger partial charge is 0.124 e. The Bertz CT molecular complexity index is 688. The topological polar surface area (TPSA) is 33.3 Å². The number of rotatable bonds is 7. The molecule has 2 aromatic rings. The van der Waals surface area contributed by atoms with Gasteiger partial charge in [-0.2, -0.15) is 0 Å². The molecular formula is C22H28N2O. The second-order valence-corrected chi connectivity index (χ2v) is 7.20. The van der Waals surface area contributed by atoms with Crippen molar-refractivity contribution in [3.05, 3.63) is 64.7 Å². The van der Waals surface area contributed by atoms with Gasteiger partial charge in [-0.3, -0.25) is 0 Å². The van der Waals surface area contributed by atoms with Crippen molar-refractivity contribution in [3.63, 3.8) is 0 Å². The fourth-order valence-electron chi connectivity index (χ4n) is 4.04. The van der Waals surface area contributed by atoms with E-state index in [4.69, 9.17) is 4.74 Å². The van der Waals surface area contributed by atoms with E-state index in [1.165, 1.54) is 41.5 Å². The Morgan fingerprint density at radius 2 is 1.76 bits per heavy atom. The molecule has 0 aromatic heterocycles. The Labute approximate surface area is 150 Å². The first-order valence-electron chi connectivity index (χ1n) is 9.64. The lowest BCUT2D eigenvalue weighted by atomic mass is 10.0. The Balaban J connectivity index is 1.15. The monoisotopic (exact) mass is 336 g/mol. The molecule has 0 atom stereocenters. The average molecular weight is 336 g/mol. The van der Waals surface area contributed by atoms with Crippen molar-refractivity contribution in [3.8, 4) is 5.75 Å². The molecule has 132 valence electrons. The third-order valence-corrected chi connectivity index (χ3v) is 5.42. The minimum Gasteiger partial charge on any atom is -0.493 e. The van der Waals surface area contributed by atoms with Gasteiger partial charge in [0.1, 0.15) is 5.75 Å². The summed E-state index contributed by atoms with van der Waals surface area (Å²) >= 11 is 0. The van der Waals surface area contributed by atoms with E-state index in [9.17, 15) is 0 Å². The highest BCUT2D eigenvalue weighted by atomic mass is 16.5. The summed E-state index contributed by atoms with van der Waals surface area (Å²) in [4.78, 5) is 0. The summed E-state index contributed by atoms with van der Waals surface area (Å²) in [7, 11) is 0. The van der Waals surface area contributed by atoms with Crippen LogP contribution in [0.3, 0.4) is 0 Å². The highest BCUT2D eigenvalue weighted by molar-refractivity contribution is 5.41. The molecule has 0 saturated heterocycles. The highest BCUT2D eigenvalue weighted by Gasteiger charge is 2.19. The molecule has 2 aromatic carbocycles. The first kappa shape index (κ1) is 16.6. The van der Waals surface area contributed by atoms with Crippen LogP contribution >= 0.6 is 0 Å². The molecule has 0 fully saturated rings. The summed E-state index contributed by atoms with van der Waals surface area (Å²) in [5.74, 6) is 1.07. The minimum absolute atomic E-state index is 0.616. The summed E-state index contributed by atoms with van der Waals surface area (Å²) in [6.45, 7) is 3.90. The van der Waals surface area contributed by atoms with Crippen LogP contribution < -0.4 is 15.4 Å². The van der Waals surface area contributed by atoms with Crippen LogP contribution in [0.4, 0.5) is 0 Å². The van der Waals surface area contributed by atoms with Crippen molar-refractivity contribution in [2.45, 2.75) is 44.7 Å². The number of hydrogen-bond acceptors (Lipinski definition) is 3. The SMILES string of the molecule is c1ccc2c(c1)CC(NCCCCOc1cccc3c1CNCC3)C2. The number of fused-ring (bicyclic) bond motifs is 2. The van der Waals surface area contributed by atoms with Gasteiger partial charge in [0, 0.05) is 18.2 Å². The molecule has 1 aliphatic heterocycles. The quantitative estimate of drug-likeness (QED) is 0.762. The van der Waals surface area contributed by atoms with E-state index in [1.54, 1.807) is 0 Å². The molecular weight excluding hydrogens is 308 g/mol. The minimum atomic E-state index is 0.616. The average Bonchev–Trinajstić information content (AvgIpc) is 3.07. The summed E-state index contributed by atoms with van der Waals surface area (Å²) < 4.78 is 6.06. The third-order valence-electron chi connectivity index (χ3n) is 5.42. The molecule has 2 N–H and O–H groups in total. The van der Waals surface area contributed by atoms with Gasteiger partial charge in [-0.15, -0.1) is 0 Å². The fourth-order valence-corrected chi connectivity index (χ4v) is 4.04. The van der Waals surface area contributed by atoms with Crippen LogP contribution in [-0.4, -0.2) is 25.7 Å². The molecule has 0 saturated carbocycles. The second-order valence-electron chi connectivity index (χ2n) is 7.20. The fraction of sp³-hybridized carbons (Fsp3) is 0.455. The Kier molecular flexibility index (Phi) is 5.34. The van der Waals surface area contributed by atoms with Crippen LogP contribution in [0.1, 0.15) is 35.1 Å². The number of ether oxygens (including phenoxy) is 1. The first-order valence-corrected chi connectivity index (χ1v) is 9.64. The molecule has 3 nitrogen and oxygen atoms in total. The van der Waals surface area contributed by atoms with E-state index in [1.807, 2.05) is 0 Å². The zero-order valence-corrected chi connectivity index (χ0v) is 14.9. The van der Waals surface area contributed by atoms with E-state index < -0.39 is 0 Å². The second kappa shape index (κ2) is 8.03. The van der Waals surface area contributed by atoms with Crippen molar-refractivity contribution >= 4 is 0 Å². The lowest BCUT2D eigenvalue weighted by molar-refractivity contribution is 0.299. The maximum Gasteiger partial charge on any atom is 0.124 e. The van der Waals surface area contributed by atoms with Crippen molar-refractivity contribution in [2.75, 3.05) is 19.7 Å². The Hall–Kier alpha value is -1.84. The van der Waals surface area contributed by atoms with Gasteiger partial charge in [0.2, 0.25) is 0 Å². The lowest BCUT2D eigenvalue weighted by Crippen LogP contribution is -2.30. The number of nitrogens with one attached hydrogen (secondary N) is 2. The van der Waals surface area contributed by atoms with Gasteiger partial charge >= 0.3 is 0 Å². The summed E-state index contributed by atoms with van der Waals surface area (Å²) in [5, 5.41) is 7.15. The number of hydrogen-bond donors (Lipinski definition) is 2. The summed E-state index contributed by atoms with van der Waals surface area (Å²) in [6, 6.07) is 15.9. The molecule has 1 heterocycles. The van der Waals surface area contributed by atoms with Crippen LogP contribution in [-0.2, 0) is 25.8 Å². The third kappa shape index (κ3) is 4.05. The molecule has 2 aliphatic rings. The van der Waals surface area contributed by atoms with Crippen LogP contribution in [0, 0.1) is 0 Å². The maximum absolute atomic E-state index is 6.06. The molecule has 1 aliphatic carbocycles. The predicted octanol–water partition coefficient (Wildman–Crippen LogP) is 3.25. The van der Waals surface area contributed by atoms with E-state index in [-0.39, 0.29) is 0 Å². The molecule has 3 heteroatoms. The van der Waals surface area contributed by atoms with Crippen LogP contribution in [0.5, 0.6) is 5.75 Å². The largest absolute Gasteiger partial charge is 0.493 e. The Morgan fingerprint density at radius 1 is 0.960 bits per heavy atom. The van der Waals surface area contributed by atoms with Crippen molar-refractivity contribution in [1.82, 2.24) is 10.6 Å². The predicted molar refractivity (Wildman–Crippen MR) is 102 cm³/mol. The molecule has 0 radical (unpaired) electrons. The maximum atomic E-state index is 6.06.